The normalized spacial score (nSPS) is 45.3. The quantitative estimate of drug-likeness (QED) is 0.441. The minimum atomic E-state index is -0.629. The Hall–Kier alpha value is -0.380. The number of aliphatic hydroxyl groups excluding tert-OH is 3. The SMILES string of the molecule is CC[C@@H](C(C)C)[C@@H](O)[C@H](O)[C@@H](C)[C@H]1CC[C@H]2[C@@H]3CC=C4C[C@@H](O)CC[C@]4(C)[C@H]3CC[C@]12C. The third kappa shape index (κ3) is 3.83. The van der Waals surface area contributed by atoms with Gasteiger partial charge in [0, 0.05) is 0 Å². The van der Waals surface area contributed by atoms with Crippen LogP contribution in [0.25, 0.3) is 0 Å². The molecule has 3 heteroatoms. The Kier molecular flexibility index (Phi) is 6.96. The van der Waals surface area contributed by atoms with Crippen molar-refractivity contribution in [2.75, 3.05) is 0 Å². The number of aliphatic hydroxyl groups is 3. The number of hydrogen-bond donors (Lipinski definition) is 3. The van der Waals surface area contributed by atoms with Gasteiger partial charge in [-0.2, -0.15) is 0 Å². The Balaban J connectivity index is 1.53. The first-order valence-electron chi connectivity index (χ1n) is 13.8. The standard InChI is InChI=1S/C29H50O3/c1-7-21(17(2)3)27(32)26(31)18(4)23-10-11-24-22-9-8-19-16-20(30)12-14-28(19,5)25(22)13-15-29(23,24)6/h8,17-18,20-27,30-32H,7,9-16H2,1-6H3/t18-,20-,21-,22-,23+,24-,25-,26+,27+,28-,29+/m0/s1. The van der Waals surface area contributed by atoms with E-state index in [9.17, 15) is 15.3 Å². The van der Waals surface area contributed by atoms with E-state index in [2.05, 4.69) is 47.6 Å². The second-order valence-electron chi connectivity index (χ2n) is 13.0. The van der Waals surface area contributed by atoms with E-state index >= 15 is 0 Å². The van der Waals surface area contributed by atoms with Crippen molar-refractivity contribution in [2.24, 2.45) is 52.3 Å². The lowest BCUT2D eigenvalue weighted by Gasteiger charge is -2.58. The molecule has 4 rings (SSSR count). The summed E-state index contributed by atoms with van der Waals surface area (Å²) in [4.78, 5) is 0. The summed E-state index contributed by atoms with van der Waals surface area (Å²) >= 11 is 0. The van der Waals surface area contributed by atoms with Gasteiger partial charge in [-0.05, 0) is 104 Å². The highest BCUT2D eigenvalue weighted by Crippen LogP contribution is 2.67. The van der Waals surface area contributed by atoms with Gasteiger partial charge in [-0.15, -0.1) is 0 Å². The molecule has 3 nitrogen and oxygen atoms in total. The zero-order valence-corrected chi connectivity index (χ0v) is 21.6. The van der Waals surface area contributed by atoms with Gasteiger partial charge in [-0.3, -0.25) is 0 Å². The predicted octanol–water partition coefficient (Wildman–Crippen LogP) is 5.97. The molecule has 0 spiro atoms. The molecule has 32 heavy (non-hydrogen) atoms. The van der Waals surface area contributed by atoms with E-state index in [1.54, 1.807) is 5.57 Å². The molecule has 0 amide bonds. The van der Waals surface area contributed by atoms with Crippen LogP contribution in [0.3, 0.4) is 0 Å². The van der Waals surface area contributed by atoms with Crippen LogP contribution < -0.4 is 0 Å². The Morgan fingerprint density at radius 1 is 0.969 bits per heavy atom. The molecule has 0 radical (unpaired) electrons. The topological polar surface area (TPSA) is 60.7 Å². The fraction of sp³-hybridized carbons (Fsp3) is 0.931. The average molecular weight is 447 g/mol. The van der Waals surface area contributed by atoms with Crippen molar-refractivity contribution in [3.05, 3.63) is 11.6 Å². The van der Waals surface area contributed by atoms with Gasteiger partial charge in [0.25, 0.3) is 0 Å². The van der Waals surface area contributed by atoms with Crippen LogP contribution in [0, 0.1) is 52.3 Å². The van der Waals surface area contributed by atoms with Gasteiger partial charge in [-0.25, -0.2) is 0 Å². The first-order chi connectivity index (χ1) is 15.0. The molecule has 0 aromatic rings. The lowest BCUT2D eigenvalue weighted by Crippen LogP contribution is -2.52. The van der Waals surface area contributed by atoms with Crippen molar-refractivity contribution < 1.29 is 15.3 Å². The Morgan fingerprint density at radius 2 is 1.69 bits per heavy atom. The van der Waals surface area contributed by atoms with Crippen LogP contribution >= 0.6 is 0 Å². The van der Waals surface area contributed by atoms with E-state index in [0.29, 0.717) is 11.8 Å². The third-order valence-corrected chi connectivity index (χ3v) is 11.4. The van der Waals surface area contributed by atoms with Crippen LogP contribution in [0.2, 0.25) is 0 Å². The van der Waals surface area contributed by atoms with Crippen molar-refractivity contribution in [2.45, 2.75) is 118 Å². The van der Waals surface area contributed by atoms with E-state index in [1.165, 1.54) is 32.1 Å². The Morgan fingerprint density at radius 3 is 2.34 bits per heavy atom. The van der Waals surface area contributed by atoms with Gasteiger partial charge in [0.2, 0.25) is 0 Å². The molecule has 3 N–H and O–H groups in total. The second-order valence-corrected chi connectivity index (χ2v) is 13.0. The van der Waals surface area contributed by atoms with E-state index in [1.807, 2.05) is 0 Å². The molecular formula is C29H50O3. The molecule has 0 saturated heterocycles. The van der Waals surface area contributed by atoms with Crippen molar-refractivity contribution in [1.82, 2.24) is 0 Å². The summed E-state index contributed by atoms with van der Waals surface area (Å²) in [5, 5.41) is 32.6. The molecule has 0 aromatic carbocycles. The van der Waals surface area contributed by atoms with Gasteiger partial charge >= 0.3 is 0 Å². The molecule has 0 aliphatic heterocycles. The van der Waals surface area contributed by atoms with Crippen LogP contribution in [0.1, 0.15) is 99.3 Å². The monoisotopic (exact) mass is 446 g/mol. The number of allylic oxidation sites excluding steroid dienone is 1. The summed E-state index contributed by atoms with van der Waals surface area (Å²) in [5.74, 6) is 3.41. The second kappa shape index (κ2) is 9.00. The largest absolute Gasteiger partial charge is 0.393 e. The minimum absolute atomic E-state index is 0.137. The lowest BCUT2D eigenvalue weighted by molar-refractivity contribution is -0.0991. The highest BCUT2D eigenvalue weighted by molar-refractivity contribution is 5.25. The van der Waals surface area contributed by atoms with Gasteiger partial charge < -0.3 is 15.3 Å². The maximum Gasteiger partial charge on any atom is 0.0832 e. The molecule has 0 unspecified atom stereocenters. The average Bonchev–Trinajstić information content (AvgIpc) is 3.10. The molecule has 184 valence electrons. The number of rotatable bonds is 6. The van der Waals surface area contributed by atoms with Gasteiger partial charge in [0.05, 0.1) is 18.3 Å². The molecule has 0 bridgehead atoms. The van der Waals surface area contributed by atoms with Gasteiger partial charge in [-0.1, -0.05) is 59.6 Å². The van der Waals surface area contributed by atoms with E-state index in [-0.39, 0.29) is 28.8 Å². The summed E-state index contributed by atoms with van der Waals surface area (Å²) in [6.07, 6.45) is 11.2. The molecule has 11 atom stereocenters. The van der Waals surface area contributed by atoms with Crippen molar-refractivity contribution in [3.8, 4) is 0 Å². The fourth-order valence-electron chi connectivity index (χ4n) is 9.46. The summed E-state index contributed by atoms with van der Waals surface area (Å²) in [6, 6.07) is 0. The molecule has 3 saturated carbocycles. The Bertz CT molecular complexity index is 701. The maximum absolute atomic E-state index is 11.3. The predicted molar refractivity (Wildman–Crippen MR) is 131 cm³/mol. The zero-order valence-electron chi connectivity index (χ0n) is 21.6. The summed E-state index contributed by atoms with van der Waals surface area (Å²) in [5.41, 5.74) is 2.10. The summed E-state index contributed by atoms with van der Waals surface area (Å²) in [7, 11) is 0. The van der Waals surface area contributed by atoms with Crippen LogP contribution in [0.5, 0.6) is 0 Å². The van der Waals surface area contributed by atoms with Crippen LogP contribution in [0.15, 0.2) is 11.6 Å². The molecule has 4 aliphatic rings. The summed E-state index contributed by atoms with van der Waals surface area (Å²) < 4.78 is 0. The third-order valence-electron chi connectivity index (χ3n) is 11.4. The van der Waals surface area contributed by atoms with E-state index in [4.69, 9.17) is 0 Å². The van der Waals surface area contributed by atoms with E-state index < -0.39 is 12.2 Å². The number of fused-ring (bicyclic) bond motifs is 5. The van der Waals surface area contributed by atoms with Crippen molar-refractivity contribution in [3.63, 3.8) is 0 Å². The van der Waals surface area contributed by atoms with Gasteiger partial charge in [0.1, 0.15) is 0 Å². The van der Waals surface area contributed by atoms with Crippen LogP contribution in [-0.4, -0.2) is 33.6 Å². The van der Waals surface area contributed by atoms with Crippen molar-refractivity contribution >= 4 is 0 Å². The highest BCUT2D eigenvalue weighted by Gasteiger charge is 2.59. The number of hydrogen-bond acceptors (Lipinski definition) is 3. The van der Waals surface area contributed by atoms with Crippen LogP contribution in [0.4, 0.5) is 0 Å². The molecule has 0 heterocycles. The minimum Gasteiger partial charge on any atom is -0.393 e. The highest BCUT2D eigenvalue weighted by atomic mass is 16.3. The lowest BCUT2D eigenvalue weighted by atomic mass is 9.47. The molecule has 0 aromatic heterocycles. The maximum atomic E-state index is 11.3. The zero-order chi connectivity index (χ0) is 23.4. The molecule has 4 aliphatic carbocycles. The van der Waals surface area contributed by atoms with Crippen LogP contribution in [-0.2, 0) is 0 Å². The summed E-state index contributed by atoms with van der Waals surface area (Å²) in [6.45, 7) is 13.7. The Labute approximate surface area is 197 Å². The van der Waals surface area contributed by atoms with Gasteiger partial charge in [0.15, 0.2) is 0 Å². The smallest absolute Gasteiger partial charge is 0.0832 e. The van der Waals surface area contributed by atoms with Crippen molar-refractivity contribution in [1.29, 1.82) is 0 Å². The van der Waals surface area contributed by atoms with E-state index in [0.717, 1.165) is 43.4 Å². The first-order valence-corrected chi connectivity index (χ1v) is 13.8. The molecule has 3 fully saturated rings. The first kappa shape index (κ1) is 24.7. The molecular weight excluding hydrogens is 396 g/mol. The fourth-order valence-corrected chi connectivity index (χ4v) is 9.46.